The predicted octanol–water partition coefficient (Wildman–Crippen LogP) is 1.97. The zero-order valence-corrected chi connectivity index (χ0v) is 17.9. The minimum absolute atomic E-state index is 0.0849. The number of hydrogen-bond acceptors (Lipinski definition) is 6. The number of aryl methyl sites for hydroxylation is 1. The summed E-state index contributed by atoms with van der Waals surface area (Å²) in [7, 11) is 0. The molecule has 1 aromatic heterocycles. The quantitative estimate of drug-likeness (QED) is 0.671. The summed E-state index contributed by atoms with van der Waals surface area (Å²) in [6, 6.07) is 9.83. The van der Waals surface area contributed by atoms with Gasteiger partial charge in [-0.25, -0.2) is 0 Å². The van der Waals surface area contributed by atoms with Crippen LogP contribution in [0.2, 0.25) is 0 Å². The summed E-state index contributed by atoms with van der Waals surface area (Å²) >= 11 is 1.50. The number of nitrogens with one attached hydrogen (secondary N) is 1. The first-order valence-electron chi connectivity index (χ1n) is 10.5. The highest BCUT2D eigenvalue weighted by Crippen LogP contribution is 2.38. The van der Waals surface area contributed by atoms with Crippen molar-refractivity contribution < 1.29 is 14.3 Å². The number of hydrogen-bond donors (Lipinski definition) is 2. The lowest BCUT2D eigenvalue weighted by molar-refractivity contribution is -0.117. The van der Waals surface area contributed by atoms with Crippen molar-refractivity contribution in [2.75, 3.05) is 51.2 Å². The van der Waals surface area contributed by atoms with Gasteiger partial charge in [-0.1, -0.05) is 18.2 Å². The van der Waals surface area contributed by atoms with Crippen LogP contribution in [0.4, 0.5) is 5.00 Å². The highest BCUT2D eigenvalue weighted by molar-refractivity contribution is 7.17. The van der Waals surface area contributed by atoms with Gasteiger partial charge in [0.25, 0.3) is 5.91 Å². The van der Waals surface area contributed by atoms with Crippen molar-refractivity contribution in [2.45, 2.75) is 19.3 Å². The molecule has 7 nitrogen and oxygen atoms in total. The zero-order chi connectivity index (χ0) is 20.9. The van der Waals surface area contributed by atoms with Gasteiger partial charge in [-0.15, -0.1) is 11.3 Å². The molecule has 2 amide bonds. The maximum atomic E-state index is 12.6. The molecule has 0 unspecified atom stereocenters. The van der Waals surface area contributed by atoms with Gasteiger partial charge in [0, 0.05) is 37.6 Å². The number of amides is 2. The summed E-state index contributed by atoms with van der Waals surface area (Å²) in [6.07, 6.45) is 2.89. The van der Waals surface area contributed by atoms with Gasteiger partial charge in [0.1, 0.15) is 17.4 Å². The largest absolute Gasteiger partial charge is 0.492 e. The second kappa shape index (κ2) is 9.59. The summed E-state index contributed by atoms with van der Waals surface area (Å²) in [4.78, 5) is 30.1. The normalized spacial score (nSPS) is 16.9. The Kier molecular flexibility index (Phi) is 6.66. The van der Waals surface area contributed by atoms with Crippen molar-refractivity contribution in [2.24, 2.45) is 5.73 Å². The molecule has 2 aliphatic rings. The van der Waals surface area contributed by atoms with E-state index in [1.165, 1.54) is 16.2 Å². The number of anilines is 1. The number of thiophene rings is 1. The van der Waals surface area contributed by atoms with Gasteiger partial charge in [-0.2, -0.15) is 0 Å². The summed E-state index contributed by atoms with van der Waals surface area (Å²) in [6.45, 7) is 5.34. The number of benzene rings is 1. The number of carbonyl (C=O) groups excluding carboxylic acids is 2. The van der Waals surface area contributed by atoms with Gasteiger partial charge < -0.3 is 15.8 Å². The molecule has 1 saturated heterocycles. The average molecular weight is 429 g/mol. The van der Waals surface area contributed by atoms with Crippen molar-refractivity contribution >= 4 is 28.2 Å². The van der Waals surface area contributed by atoms with Gasteiger partial charge in [0.2, 0.25) is 5.91 Å². The number of fused-ring (bicyclic) bond motifs is 1. The molecule has 4 rings (SSSR count). The Balaban J connectivity index is 1.21. The van der Waals surface area contributed by atoms with E-state index in [1.807, 2.05) is 30.3 Å². The summed E-state index contributed by atoms with van der Waals surface area (Å²) in [5.41, 5.74) is 7.13. The van der Waals surface area contributed by atoms with Crippen LogP contribution in [0.15, 0.2) is 30.3 Å². The fraction of sp³-hybridized carbons (Fsp3) is 0.455. The summed E-state index contributed by atoms with van der Waals surface area (Å²) in [5, 5.41) is 3.56. The van der Waals surface area contributed by atoms with Gasteiger partial charge >= 0.3 is 0 Å². The Morgan fingerprint density at radius 2 is 1.80 bits per heavy atom. The third-order valence-corrected chi connectivity index (χ3v) is 6.88. The molecule has 1 fully saturated rings. The molecule has 0 saturated carbocycles. The third-order valence-electron chi connectivity index (χ3n) is 5.67. The Labute approximate surface area is 180 Å². The molecule has 1 aliphatic heterocycles. The van der Waals surface area contributed by atoms with Crippen LogP contribution in [0.3, 0.4) is 0 Å². The number of rotatable bonds is 8. The van der Waals surface area contributed by atoms with Crippen LogP contribution in [0.5, 0.6) is 5.75 Å². The van der Waals surface area contributed by atoms with Crippen LogP contribution < -0.4 is 15.8 Å². The predicted molar refractivity (Wildman–Crippen MR) is 118 cm³/mol. The van der Waals surface area contributed by atoms with Crippen LogP contribution in [0.1, 0.15) is 27.2 Å². The smallest absolute Gasteiger partial charge is 0.251 e. The van der Waals surface area contributed by atoms with Crippen LogP contribution in [0.25, 0.3) is 0 Å². The summed E-state index contributed by atoms with van der Waals surface area (Å²) in [5.74, 6) is 0.358. The molecule has 8 heteroatoms. The number of primary amides is 1. The molecule has 0 radical (unpaired) electrons. The lowest BCUT2D eigenvalue weighted by atomic mass is 10.1. The van der Waals surface area contributed by atoms with E-state index < -0.39 is 5.91 Å². The van der Waals surface area contributed by atoms with Gasteiger partial charge in [-0.05, 0) is 37.0 Å². The number of ether oxygens (including phenoxy) is 1. The molecule has 0 atom stereocenters. The van der Waals surface area contributed by atoms with E-state index in [0.29, 0.717) is 23.7 Å². The standard InChI is InChI=1S/C22H28N4O3S/c23-21(28)20-17-7-4-8-18(17)30-22(20)24-19(27)15-26-11-9-25(10-12-26)13-14-29-16-5-2-1-3-6-16/h1-3,5-6H,4,7-15H2,(H2,23,28)(H,24,27). The molecule has 1 aromatic carbocycles. The highest BCUT2D eigenvalue weighted by Gasteiger charge is 2.27. The van der Waals surface area contributed by atoms with Crippen LogP contribution in [0, 0.1) is 0 Å². The van der Waals surface area contributed by atoms with E-state index in [2.05, 4.69) is 15.1 Å². The molecule has 3 N–H and O–H groups in total. The zero-order valence-electron chi connectivity index (χ0n) is 17.1. The first-order chi connectivity index (χ1) is 14.6. The average Bonchev–Trinajstić information content (AvgIpc) is 3.30. The van der Waals surface area contributed by atoms with Crippen LogP contribution >= 0.6 is 11.3 Å². The number of nitrogens with zero attached hydrogens (tertiary/aromatic N) is 2. The van der Waals surface area contributed by atoms with Crippen molar-refractivity contribution in [1.82, 2.24) is 9.80 Å². The highest BCUT2D eigenvalue weighted by atomic mass is 32.1. The first-order valence-corrected chi connectivity index (χ1v) is 11.3. The van der Waals surface area contributed by atoms with E-state index in [9.17, 15) is 9.59 Å². The van der Waals surface area contributed by atoms with Gasteiger partial charge in [0.15, 0.2) is 0 Å². The second-order valence-corrected chi connectivity index (χ2v) is 8.86. The molecule has 0 bridgehead atoms. The minimum atomic E-state index is -0.448. The van der Waals surface area contributed by atoms with E-state index in [0.717, 1.165) is 63.3 Å². The Bertz CT molecular complexity index is 891. The second-order valence-electron chi connectivity index (χ2n) is 7.75. The number of piperazine rings is 1. The third kappa shape index (κ3) is 5.00. The van der Waals surface area contributed by atoms with Crippen molar-refractivity contribution in [3.05, 3.63) is 46.3 Å². The van der Waals surface area contributed by atoms with Crippen LogP contribution in [-0.4, -0.2) is 67.5 Å². The van der Waals surface area contributed by atoms with Crippen molar-refractivity contribution in [3.8, 4) is 5.75 Å². The SMILES string of the molecule is NC(=O)c1c(NC(=O)CN2CCN(CCOc3ccccc3)CC2)sc2c1CCC2. The Morgan fingerprint density at radius 1 is 1.07 bits per heavy atom. The fourth-order valence-electron chi connectivity index (χ4n) is 4.10. The first kappa shape index (κ1) is 20.8. The molecule has 160 valence electrons. The molecule has 2 aromatic rings. The Hall–Kier alpha value is -2.42. The van der Waals surface area contributed by atoms with Crippen molar-refractivity contribution in [3.63, 3.8) is 0 Å². The maximum Gasteiger partial charge on any atom is 0.251 e. The van der Waals surface area contributed by atoms with Crippen LogP contribution in [-0.2, 0) is 17.6 Å². The van der Waals surface area contributed by atoms with Gasteiger partial charge in [0.05, 0.1) is 12.1 Å². The number of nitrogens with two attached hydrogens (primary N) is 1. The molecule has 0 spiro atoms. The van der Waals surface area contributed by atoms with E-state index >= 15 is 0 Å². The molecular weight excluding hydrogens is 400 g/mol. The minimum Gasteiger partial charge on any atom is -0.492 e. The van der Waals surface area contributed by atoms with E-state index in [1.54, 1.807) is 0 Å². The van der Waals surface area contributed by atoms with E-state index in [-0.39, 0.29) is 5.91 Å². The van der Waals surface area contributed by atoms with E-state index in [4.69, 9.17) is 10.5 Å². The number of para-hydroxylation sites is 1. The Morgan fingerprint density at radius 3 is 2.53 bits per heavy atom. The molecule has 2 heterocycles. The topological polar surface area (TPSA) is 87.9 Å². The number of carbonyl (C=O) groups is 2. The molecule has 30 heavy (non-hydrogen) atoms. The molecular formula is C22H28N4O3S. The van der Waals surface area contributed by atoms with Gasteiger partial charge in [-0.3, -0.25) is 19.4 Å². The lowest BCUT2D eigenvalue weighted by Crippen LogP contribution is -2.49. The molecule has 1 aliphatic carbocycles. The monoisotopic (exact) mass is 428 g/mol. The fourth-order valence-corrected chi connectivity index (χ4v) is 5.41. The summed E-state index contributed by atoms with van der Waals surface area (Å²) < 4.78 is 5.77. The lowest BCUT2D eigenvalue weighted by Gasteiger charge is -2.34. The maximum absolute atomic E-state index is 12.6. The van der Waals surface area contributed by atoms with Crippen molar-refractivity contribution in [1.29, 1.82) is 0 Å².